The van der Waals surface area contributed by atoms with Gasteiger partial charge in [0.1, 0.15) is 5.69 Å². The van der Waals surface area contributed by atoms with Crippen molar-refractivity contribution in [2.75, 3.05) is 26.2 Å². The van der Waals surface area contributed by atoms with E-state index in [4.69, 9.17) is 0 Å². The Morgan fingerprint density at radius 1 is 1.03 bits per heavy atom. The summed E-state index contributed by atoms with van der Waals surface area (Å²) in [6, 6.07) is 10.7. The van der Waals surface area contributed by atoms with Gasteiger partial charge in [0.15, 0.2) is 0 Å². The number of rotatable bonds is 5. The average molecular weight is 408 g/mol. The lowest BCUT2D eigenvalue weighted by atomic mass is 9.95. The summed E-state index contributed by atoms with van der Waals surface area (Å²) in [6.45, 7) is 4.05. The van der Waals surface area contributed by atoms with Gasteiger partial charge in [-0.15, -0.1) is 0 Å². The minimum atomic E-state index is -0.151. The van der Waals surface area contributed by atoms with Gasteiger partial charge in [-0.2, -0.15) is 0 Å². The molecule has 158 valence electrons. The number of nitrogens with one attached hydrogen (secondary N) is 1. The Morgan fingerprint density at radius 3 is 2.57 bits per heavy atom. The number of hydrogen-bond donors (Lipinski definition) is 1. The van der Waals surface area contributed by atoms with Crippen molar-refractivity contribution in [1.29, 1.82) is 0 Å². The third-order valence-corrected chi connectivity index (χ3v) is 6.04. The zero-order valence-corrected chi connectivity index (χ0v) is 17.2. The van der Waals surface area contributed by atoms with E-state index in [0.29, 0.717) is 18.8 Å². The highest BCUT2D eigenvalue weighted by Crippen LogP contribution is 2.20. The minimum absolute atomic E-state index is 0.0770. The van der Waals surface area contributed by atoms with E-state index in [2.05, 4.69) is 44.5 Å². The number of nitrogens with zero attached hydrogens (tertiary/aromatic N) is 4. The van der Waals surface area contributed by atoms with Gasteiger partial charge in [-0.25, -0.2) is 4.98 Å². The first-order valence-electron chi connectivity index (χ1n) is 10.8. The summed E-state index contributed by atoms with van der Waals surface area (Å²) in [4.78, 5) is 37.7. The highest BCUT2D eigenvalue weighted by molar-refractivity contribution is 5.92. The maximum absolute atomic E-state index is 12.9. The molecule has 2 amide bonds. The first-order chi connectivity index (χ1) is 14.7. The van der Waals surface area contributed by atoms with Crippen LogP contribution in [0.2, 0.25) is 0 Å². The molecule has 2 aliphatic rings. The van der Waals surface area contributed by atoms with E-state index in [1.54, 1.807) is 11.1 Å². The van der Waals surface area contributed by atoms with Crippen LogP contribution in [0.15, 0.2) is 48.9 Å². The molecule has 3 heterocycles. The molecular weight excluding hydrogens is 378 g/mol. The maximum atomic E-state index is 12.9. The molecule has 1 N–H and O–H groups in total. The van der Waals surface area contributed by atoms with Crippen LogP contribution in [0.4, 0.5) is 0 Å². The van der Waals surface area contributed by atoms with Crippen LogP contribution in [-0.4, -0.2) is 63.8 Å². The summed E-state index contributed by atoms with van der Waals surface area (Å²) in [5.74, 6) is -0.218. The lowest BCUT2D eigenvalue weighted by molar-refractivity contribution is -0.127. The second-order valence-corrected chi connectivity index (χ2v) is 8.23. The van der Waals surface area contributed by atoms with Crippen molar-refractivity contribution in [1.82, 2.24) is 25.1 Å². The zero-order valence-electron chi connectivity index (χ0n) is 17.2. The SMILES string of the molecule is O=C(NC1CCN(Cc2ccccc2)CC1)C1CCCN(C(=O)c2cnccn2)C1. The summed E-state index contributed by atoms with van der Waals surface area (Å²) in [5, 5.41) is 3.24. The van der Waals surface area contributed by atoms with E-state index < -0.39 is 0 Å². The van der Waals surface area contributed by atoms with Crippen LogP contribution in [0.25, 0.3) is 0 Å². The van der Waals surface area contributed by atoms with Crippen LogP contribution in [-0.2, 0) is 11.3 Å². The fraction of sp³-hybridized carbons (Fsp3) is 0.478. The Labute approximate surface area is 177 Å². The van der Waals surface area contributed by atoms with Gasteiger partial charge in [-0.1, -0.05) is 30.3 Å². The molecule has 1 aromatic carbocycles. The van der Waals surface area contributed by atoms with Gasteiger partial charge in [-0.05, 0) is 31.2 Å². The lowest BCUT2D eigenvalue weighted by Crippen LogP contribution is -2.50. The highest BCUT2D eigenvalue weighted by atomic mass is 16.2. The van der Waals surface area contributed by atoms with Crippen LogP contribution in [0, 0.1) is 5.92 Å². The monoisotopic (exact) mass is 407 g/mol. The van der Waals surface area contributed by atoms with Crippen molar-refractivity contribution < 1.29 is 9.59 Å². The Kier molecular flexibility index (Phi) is 6.69. The lowest BCUT2D eigenvalue weighted by Gasteiger charge is -2.35. The first-order valence-corrected chi connectivity index (χ1v) is 10.8. The third kappa shape index (κ3) is 5.21. The second kappa shape index (κ2) is 9.80. The summed E-state index contributed by atoms with van der Waals surface area (Å²) in [5.41, 5.74) is 1.67. The molecule has 2 aliphatic heterocycles. The quantitative estimate of drug-likeness (QED) is 0.821. The fourth-order valence-corrected chi connectivity index (χ4v) is 4.34. The second-order valence-electron chi connectivity index (χ2n) is 8.23. The van der Waals surface area contributed by atoms with Crippen molar-refractivity contribution >= 4 is 11.8 Å². The molecule has 0 radical (unpaired) electrons. The number of hydrogen-bond acceptors (Lipinski definition) is 5. The van der Waals surface area contributed by atoms with Gasteiger partial charge >= 0.3 is 0 Å². The number of aromatic nitrogens is 2. The molecule has 7 nitrogen and oxygen atoms in total. The van der Waals surface area contributed by atoms with Crippen LogP contribution < -0.4 is 5.32 Å². The minimum Gasteiger partial charge on any atom is -0.353 e. The average Bonchev–Trinajstić information content (AvgIpc) is 2.81. The van der Waals surface area contributed by atoms with Crippen LogP contribution in [0.1, 0.15) is 41.7 Å². The van der Waals surface area contributed by atoms with Gasteiger partial charge in [0, 0.05) is 51.2 Å². The maximum Gasteiger partial charge on any atom is 0.274 e. The van der Waals surface area contributed by atoms with Gasteiger partial charge in [-0.3, -0.25) is 19.5 Å². The summed E-state index contributed by atoms with van der Waals surface area (Å²) in [7, 11) is 0. The van der Waals surface area contributed by atoms with Crippen LogP contribution in [0.5, 0.6) is 0 Å². The van der Waals surface area contributed by atoms with Gasteiger partial charge in [0.05, 0.1) is 12.1 Å². The molecule has 2 fully saturated rings. The van der Waals surface area contributed by atoms with Crippen molar-refractivity contribution in [2.45, 2.75) is 38.3 Å². The summed E-state index contributed by atoms with van der Waals surface area (Å²) >= 11 is 0. The number of likely N-dealkylation sites (tertiary alicyclic amines) is 2. The molecule has 2 aromatic rings. The molecule has 4 rings (SSSR count). The Balaban J connectivity index is 1.24. The summed E-state index contributed by atoms with van der Waals surface area (Å²) < 4.78 is 0. The molecule has 0 aliphatic carbocycles. The number of carbonyl (C=O) groups is 2. The van der Waals surface area contributed by atoms with Gasteiger partial charge in [0.25, 0.3) is 5.91 Å². The highest BCUT2D eigenvalue weighted by Gasteiger charge is 2.31. The normalized spacial score (nSPS) is 20.7. The van der Waals surface area contributed by atoms with Gasteiger partial charge in [0.2, 0.25) is 5.91 Å². The van der Waals surface area contributed by atoms with Crippen molar-refractivity contribution in [3.05, 3.63) is 60.2 Å². The van der Waals surface area contributed by atoms with E-state index in [1.807, 2.05) is 6.07 Å². The van der Waals surface area contributed by atoms with Crippen molar-refractivity contribution in [3.63, 3.8) is 0 Å². The predicted octanol–water partition coefficient (Wildman–Crippen LogP) is 2.11. The standard InChI is InChI=1S/C23H29N5O2/c29-22(19-7-4-12-28(17-19)23(30)21-15-24-10-11-25-21)26-20-8-13-27(14-9-20)16-18-5-2-1-3-6-18/h1-3,5-6,10-11,15,19-20H,4,7-9,12-14,16-17H2,(H,26,29). The van der Waals surface area contributed by atoms with E-state index >= 15 is 0 Å². The largest absolute Gasteiger partial charge is 0.353 e. The summed E-state index contributed by atoms with van der Waals surface area (Å²) in [6.07, 6.45) is 8.14. The molecule has 7 heteroatoms. The molecule has 0 saturated carbocycles. The molecular formula is C23H29N5O2. The molecule has 0 spiro atoms. The van der Waals surface area contributed by atoms with Crippen molar-refractivity contribution in [2.24, 2.45) is 5.92 Å². The smallest absolute Gasteiger partial charge is 0.274 e. The number of piperidine rings is 2. The molecule has 1 aromatic heterocycles. The number of amides is 2. The van der Waals surface area contributed by atoms with E-state index in [1.165, 1.54) is 18.0 Å². The third-order valence-electron chi connectivity index (χ3n) is 6.04. The molecule has 30 heavy (non-hydrogen) atoms. The molecule has 0 bridgehead atoms. The van der Waals surface area contributed by atoms with Crippen molar-refractivity contribution in [3.8, 4) is 0 Å². The first kappa shape index (κ1) is 20.5. The van der Waals surface area contributed by atoms with Crippen LogP contribution in [0.3, 0.4) is 0 Å². The number of carbonyl (C=O) groups excluding carboxylic acids is 2. The van der Waals surface area contributed by atoms with E-state index in [9.17, 15) is 9.59 Å². The zero-order chi connectivity index (χ0) is 20.8. The number of benzene rings is 1. The molecule has 1 unspecified atom stereocenters. The van der Waals surface area contributed by atoms with E-state index in [0.717, 1.165) is 45.3 Å². The Hall–Kier alpha value is -2.80. The Morgan fingerprint density at radius 2 is 1.83 bits per heavy atom. The van der Waals surface area contributed by atoms with E-state index in [-0.39, 0.29) is 23.8 Å². The predicted molar refractivity (Wildman–Crippen MR) is 114 cm³/mol. The van der Waals surface area contributed by atoms with Gasteiger partial charge < -0.3 is 10.2 Å². The topological polar surface area (TPSA) is 78.4 Å². The molecule has 2 saturated heterocycles. The van der Waals surface area contributed by atoms with Crippen LogP contribution >= 0.6 is 0 Å². The Bertz CT molecular complexity index is 837. The fourth-order valence-electron chi connectivity index (χ4n) is 4.34. The molecule has 1 atom stereocenters.